The Morgan fingerprint density at radius 1 is 1.20 bits per heavy atom. The molecule has 0 amide bonds. The quantitative estimate of drug-likeness (QED) is 0.728. The summed E-state index contributed by atoms with van der Waals surface area (Å²) in [4.78, 5) is 14.6. The molecule has 2 aliphatic rings. The Morgan fingerprint density at radius 3 is 2.45 bits per heavy atom. The number of fused-ring (bicyclic) bond motifs is 3. The van der Waals surface area contributed by atoms with E-state index in [4.69, 9.17) is 5.11 Å². The zero-order valence-corrected chi connectivity index (χ0v) is 11.0. The number of benzene rings is 1. The van der Waals surface area contributed by atoms with Gasteiger partial charge in [-0.25, -0.2) is 4.79 Å². The smallest absolute Gasteiger partial charge is 0.337 e. The minimum absolute atomic E-state index is 0.221. The van der Waals surface area contributed by atoms with Crippen molar-refractivity contribution in [3.63, 3.8) is 0 Å². The first kappa shape index (κ1) is 13.0. The number of para-hydroxylation sites is 1. The van der Waals surface area contributed by atoms with Crippen molar-refractivity contribution in [2.24, 2.45) is 0 Å². The van der Waals surface area contributed by atoms with Crippen LogP contribution in [0.25, 0.3) is 10.9 Å². The van der Waals surface area contributed by atoms with Crippen LogP contribution < -0.4 is 10.6 Å². The molecule has 2 saturated heterocycles. The molecule has 2 fully saturated rings. The van der Waals surface area contributed by atoms with E-state index in [1.54, 1.807) is 6.07 Å². The molecule has 2 unspecified atom stereocenters. The fraction of sp³-hybridized carbons (Fsp3) is 0.333. The predicted octanol–water partition coefficient (Wildman–Crippen LogP) is 1.25. The summed E-state index contributed by atoms with van der Waals surface area (Å²) in [5, 5.41) is 16.3. The van der Waals surface area contributed by atoms with Crippen LogP contribution >= 0.6 is 0 Å². The van der Waals surface area contributed by atoms with Gasteiger partial charge in [-0.3, -0.25) is 4.98 Å². The van der Waals surface area contributed by atoms with E-state index < -0.39 is 5.97 Å². The second-order valence-corrected chi connectivity index (χ2v) is 5.17. The Bertz CT molecular complexity index is 611. The predicted molar refractivity (Wildman–Crippen MR) is 76.9 cm³/mol. The molecule has 5 heteroatoms. The van der Waals surface area contributed by atoms with Gasteiger partial charge in [-0.1, -0.05) is 18.2 Å². The molecule has 5 nitrogen and oxygen atoms in total. The first-order chi connectivity index (χ1) is 9.72. The molecule has 20 heavy (non-hydrogen) atoms. The van der Waals surface area contributed by atoms with Crippen molar-refractivity contribution < 1.29 is 9.90 Å². The average molecular weight is 271 g/mol. The third-order valence-electron chi connectivity index (χ3n) is 3.71. The van der Waals surface area contributed by atoms with Crippen molar-refractivity contribution >= 4 is 16.9 Å². The molecular formula is C15H17N3O2. The highest BCUT2D eigenvalue weighted by Gasteiger charge is 2.29. The van der Waals surface area contributed by atoms with Crippen molar-refractivity contribution in [3.8, 4) is 0 Å². The molecule has 2 atom stereocenters. The number of nitrogens with zero attached hydrogens (tertiary/aromatic N) is 1. The van der Waals surface area contributed by atoms with Crippen molar-refractivity contribution in [3.05, 3.63) is 42.1 Å². The highest BCUT2D eigenvalue weighted by molar-refractivity contribution is 5.92. The molecule has 1 aromatic carbocycles. The summed E-state index contributed by atoms with van der Waals surface area (Å²) in [6.45, 7) is 2.40. The molecule has 1 aromatic heterocycles. The fourth-order valence-corrected chi connectivity index (χ4v) is 2.63. The van der Waals surface area contributed by atoms with Gasteiger partial charge in [-0.15, -0.1) is 0 Å². The van der Waals surface area contributed by atoms with Crippen molar-refractivity contribution in [1.82, 2.24) is 15.6 Å². The Kier molecular flexibility index (Phi) is 3.62. The fourth-order valence-electron chi connectivity index (χ4n) is 2.63. The van der Waals surface area contributed by atoms with E-state index in [1.165, 1.54) is 25.7 Å². The number of carboxylic acid groups (broad SMARTS) is 1. The molecule has 2 aromatic rings. The molecule has 2 bridgehead atoms. The molecule has 3 heterocycles. The lowest BCUT2D eigenvalue weighted by Crippen LogP contribution is -2.39. The monoisotopic (exact) mass is 271 g/mol. The van der Waals surface area contributed by atoms with Gasteiger partial charge in [-0.2, -0.15) is 0 Å². The molecule has 104 valence electrons. The molecule has 0 spiro atoms. The van der Waals surface area contributed by atoms with Gasteiger partial charge in [0.2, 0.25) is 0 Å². The van der Waals surface area contributed by atoms with Gasteiger partial charge in [-0.05, 0) is 18.6 Å². The van der Waals surface area contributed by atoms with Crippen molar-refractivity contribution in [2.45, 2.75) is 18.5 Å². The highest BCUT2D eigenvalue weighted by Crippen LogP contribution is 2.12. The highest BCUT2D eigenvalue weighted by atomic mass is 16.4. The first-order valence-electron chi connectivity index (χ1n) is 6.77. The normalized spacial score (nSPS) is 23.4. The maximum absolute atomic E-state index is 10.6. The Balaban J connectivity index is 0.000000144. The average Bonchev–Trinajstić information content (AvgIpc) is 3.12. The summed E-state index contributed by atoms with van der Waals surface area (Å²) in [7, 11) is 0. The summed E-state index contributed by atoms with van der Waals surface area (Å²) in [5.74, 6) is -0.946. The van der Waals surface area contributed by atoms with Crippen LogP contribution in [0.3, 0.4) is 0 Å². The van der Waals surface area contributed by atoms with E-state index in [9.17, 15) is 4.79 Å². The summed E-state index contributed by atoms with van der Waals surface area (Å²) in [6, 6.07) is 10.7. The number of rotatable bonds is 1. The first-order valence-corrected chi connectivity index (χ1v) is 6.77. The SMILES string of the molecule is C1NC2CNC1C2.O=C(O)c1cnc2ccccc2c1. The summed E-state index contributed by atoms with van der Waals surface area (Å²) < 4.78 is 0. The minimum Gasteiger partial charge on any atom is -0.478 e. The maximum atomic E-state index is 10.6. The topological polar surface area (TPSA) is 74.2 Å². The number of aromatic carboxylic acids is 1. The van der Waals surface area contributed by atoms with Crippen LogP contribution in [0.1, 0.15) is 16.8 Å². The van der Waals surface area contributed by atoms with Gasteiger partial charge in [0.15, 0.2) is 0 Å². The van der Waals surface area contributed by atoms with E-state index in [1.807, 2.05) is 24.3 Å². The largest absolute Gasteiger partial charge is 0.478 e. The van der Waals surface area contributed by atoms with Gasteiger partial charge in [0.1, 0.15) is 0 Å². The van der Waals surface area contributed by atoms with Gasteiger partial charge in [0, 0.05) is 36.8 Å². The van der Waals surface area contributed by atoms with E-state index >= 15 is 0 Å². The summed E-state index contributed by atoms with van der Waals surface area (Å²) in [5.41, 5.74) is 1.03. The lowest BCUT2D eigenvalue weighted by molar-refractivity contribution is 0.0696. The number of piperazine rings is 1. The van der Waals surface area contributed by atoms with Crippen LogP contribution in [0.15, 0.2) is 36.5 Å². The van der Waals surface area contributed by atoms with Crippen LogP contribution in [-0.2, 0) is 0 Å². The number of nitrogens with one attached hydrogen (secondary N) is 2. The molecular weight excluding hydrogens is 254 g/mol. The lowest BCUT2D eigenvalue weighted by Gasteiger charge is -2.10. The number of carbonyl (C=O) groups is 1. The third kappa shape index (κ3) is 2.79. The van der Waals surface area contributed by atoms with Crippen LogP contribution in [0.2, 0.25) is 0 Å². The zero-order chi connectivity index (χ0) is 13.9. The van der Waals surface area contributed by atoms with Crippen LogP contribution in [0.4, 0.5) is 0 Å². The number of aromatic nitrogens is 1. The van der Waals surface area contributed by atoms with Crippen LogP contribution in [0.5, 0.6) is 0 Å². The number of hydrogen-bond donors (Lipinski definition) is 3. The number of carboxylic acids is 1. The van der Waals surface area contributed by atoms with Crippen molar-refractivity contribution in [1.29, 1.82) is 0 Å². The minimum atomic E-state index is -0.946. The zero-order valence-electron chi connectivity index (χ0n) is 11.0. The van der Waals surface area contributed by atoms with E-state index in [-0.39, 0.29) is 5.56 Å². The molecule has 0 saturated carbocycles. The standard InChI is InChI=1S/C10H7NO2.C5H10N2/c12-10(13)8-5-7-3-1-2-4-9(7)11-6-8;1-4-2-6-5(1)3-7-4/h1-6H,(H,12,13);4-7H,1-3H2. The Labute approximate surface area is 117 Å². The van der Waals surface area contributed by atoms with E-state index in [0.717, 1.165) is 23.0 Å². The molecule has 2 aliphatic heterocycles. The summed E-state index contributed by atoms with van der Waals surface area (Å²) >= 11 is 0. The van der Waals surface area contributed by atoms with E-state index in [0.29, 0.717) is 0 Å². The maximum Gasteiger partial charge on any atom is 0.337 e. The van der Waals surface area contributed by atoms with E-state index in [2.05, 4.69) is 15.6 Å². The van der Waals surface area contributed by atoms with Crippen molar-refractivity contribution in [2.75, 3.05) is 13.1 Å². The van der Waals surface area contributed by atoms with Gasteiger partial charge >= 0.3 is 5.97 Å². The molecule has 0 radical (unpaired) electrons. The Morgan fingerprint density at radius 2 is 1.90 bits per heavy atom. The second kappa shape index (κ2) is 5.56. The van der Waals surface area contributed by atoms with Crippen LogP contribution in [0, 0.1) is 0 Å². The van der Waals surface area contributed by atoms with Gasteiger partial charge in [0.25, 0.3) is 0 Å². The molecule has 0 aliphatic carbocycles. The summed E-state index contributed by atoms with van der Waals surface area (Å²) in [6.07, 6.45) is 2.73. The third-order valence-corrected chi connectivity index (χ3v) is 3.71. The number of pyridine rings is 1. The van der Waals surface area contributed by atoms with Gasteiger partial charge < -0.3 is 15.7 Å². The molecule has 4 rings (SSSR count). The second-order valence-electron chi connectivity index (χ2n) is 5.17. The van der Waals surface area contributed by atoms with Crippen LogP contribution in [-0.4, -0.2) is 41.2 Å². The lowest BCUT2D eigenvalue weighted by atomic mass is 10.2. The number of hydrogen-bond acceptors (Lipinski definition) is 4. The Hall–Kier alpha value is -1.98. The molecule has 3 N–H and O–H groups in total. The van der Waals surface area contributed by atoms with Gasteiger partial charge in [0.05, 0.1) is 11.1 Å².